The molecular weight excluding hydrogens is 368 g/mol. The van der Waals surface area contributed by atoms with Crippen molar-refractivity contribution in [1.82, 2.24) is 10.6 Å². The molecule has 0 aliphatic heterocycles. The molecule has 10 nitrogen and oxygen atoms in total. The number of carbonyl (C=O) groups excluding carboxylic acids is 3. The first-order valence-electron chi connectivity index (χ1n) is 8.71. The first-order chi connectivity index (χ1) is 13.1. The van der Waals surface area contributed by atoms with Crippen molar-refractivity contribution in [2.45, 2.75) is 50.4 Å². The van der Waals surface area contributed by atoms with E-state index in [1.54, 1.807) is 30.3 Å². The average Bonchev–Trinajstić information content (AvgIpc) is 2.63. The Balaban J connectivity index is 2.77. The summed E-state index contributed by atoms with van der Waals surface area (Å²) in [6, 6.07) is 4.91. The molecular formula is C18H26N4O6. The Morgan fingerprint density at radius 2 is 1.68 bits per heavy atom. The van der Waals surface area contributed by atoms with Crippen molar-refractivity contribution in [1.29, 1.82) is 0 Å². The third-order valence-electron chi connectivity index (χ3n) is 4.00. The van der Waals surface area contributed by atoms with E-state index >= 15 is 0 Å². The fraction of sp³-hybridized carbons (Fsp3) is 0.444. The highest BCUT2D eigenvalue weighted by Crippen LogP contribution is 2.05. The number of amides is 3. The molecule has 0 aliphatic rings. The highest BCUT2D eigenvalue weighted by atomic mass is 16.4. The van der Waals surface area contributed by atoms with Crippen LogP contribution in [0.4, 0.5) is 0 Å². The number of aliphatic hydroxyl groups excluding tert-OH is 1. The molecule has 10 heteroatoms. The summed E-state index contributed by atoms with van der Waals surface area (Å²) >= 11 is 0. The van der Waals surface area contributed by atoms with Crippen LogP contribution in [-0.4, -0.2) is 58.1 Å². The minimum absolute atomic E-state index is 0.0267. The molecule has 0 saturated carbocycles. The maximum atomic E-state index is 12.4. The number of nitrogens with two attached hydrogens (primary N) is 2. The highest BCUT2D eigenvalue weighted by Gasteiger charge is 2.31. The van der Waals surface area contributed by atoms with Crippen molar-refractivity contribution in [3.8, 4) is 0 Å². The SMILES string of the molecule is C[C@@H](O)[C@H](NC(=O)[C@@H](N)CCC(N)=O)C(=O)N[C@@H](Cc1ccccc1)C(=O)O. The molecule has 0 aromatic heterocycles. The number of rotatable bonds is 11. The van der Waals surface area contributed by atoms with Gasteiger partial charge in [0, 0.05) is 12.8 Å². The molecule has 0 bridgehead atoms. The van der Waals surface area contributed by atoms with Gasteiger partial charge in [0.2, 0.25) is 17.7 Å². The van der Waals surface area contributed by atoms with Crippen LogP contribution in [0.15, 0.2) is 30.3 Å². The van der Waals surface area contributed by atoms with Gasteiger partial charge in [-0.15, -0.1) is 0 Å². The molecule has 0 saturated heterocycles. The van der Waals surface area contributed by atoms with Gasteiger partial charge in [0.1, 0.15) is 12.1 Å². The summed E-state index contributed by atoms with van der Waals surface area (Å²) in [7, 11) is 0. The predicted molar refractivity (Wildman–Crippen MR) is 99.7 cm³/mol. The molecule has 8 N–H and O–H groups in total. The van der Waals surface area contributed by atoms with Crippen LogP contribution < -0.4 is 22.1 Å². The highest BCUT2D eigenvalue weighted by molar-refractivity contribution is 5.92. The van der Waals surface area contributed by atoms with E-state index in [1.807, 2.05) is 0 Å². The number of carbonyl (C=O) groups is 4. The van der Waals surface area contributed by atoms with Gasteiger partial charge in [-0.05, 0) is 18.9 Å². The largest absolute Gasteiger partial charge is 0.480 e. The molecule has 1 rings (SSSR count). The van der Waals surface area contributed by atoms with E-state index in [0.717, 1.165) is 0 Å². The van der Waals surface area contributed by atoms with Crippen LogP contribution >= 0.6 is 0 Å². The number of primary amides is 1. The Morgan fingerprint density at radius 3 is 2.18 bits per heavy atom. The Kier molecular flexibility index (Phi) is 9.06. The van der Waals surface area contributed by atoms with Crippen LogP contribution in [0.5, 0.6) is 0 Å². The van der Waals surface area contributed by atoms with Gasteiger partial charge in [0.25, 0.3) is 0 Å². The average molecular weight is 394 g/mol. The monoisotopic (exact) mass is 394 g/mol. The lowest BCUT2D eigenvalue weighted by molar-refractivity contribution is -0.142. The molecule has 28 heavy (non-hydrogen) atoms. The van der Waals surface area contributed by atoms with Gasteiger partial charge in [-0.3, -0.25) is 14.4 Å². The Hall–Kier alpha value is -2.98. The fourth-order valence-electron chi connectivity index (χ4n) is 2.41. The summed E-state index contributed by atoms with van der Waals surface area (Å²) in [5, 5.41) is 23.8. The number of benzene rings is 1. The number of nitrogens with one attached hydrogen (secondary N) is 2. The normalized spacial score (nSPS) is 15.0. The van der Waals surface area contributed by atoms with E-state index in [9.17, 15) is 29.4 Å². The molecule has 4 atom stereocenters. The van der Waals surface area contributed by atoms with Gasteiger partial charge in [0.15, 0.2) is 0 Å². The summed E-state index contributed by atoms with van der Waals surface area (Å²) in [6.45, 7) is 1.27. The third-order valence-corrected chi connectivity index (χ3v) is 4.00. The smallest absolute Gasteiger partial charge is 0.326 e. The molecule has 1 aromatic carbocycles. The lowest BCUT2D eigenvalue weighted by atomic mass is 10.0. The second kappa shape index (κ2) is 11.0. The standard InChI is InChI=1S/C18H26N4O6/c1-10(23)15(22-16(25)12(19)7-8-14(20)24)17(26)21-13(18(27)28)9-11-5-3-2-4-6-11/h2-6,10,12-13,15,23H,7-9,19H2,1H3,(H2,20,24)(H,21,26)(H,22,25)(H,27,28)/t10-,12+,13+,15+/m1/s1. The molecule has 0 radical (unpaired) electrons. The Morgan fingerprint density at radius 1 is 1.07 bits per heavy atom. The zero-order chi connectivity index (χ0) is 21.3. The third kappa shape index (κ3) is 7.72. The summed E-state index contributed by atoms with van der Waals surface area (Å²) in [5.41, 5.74) is 11.3. The predicted octanol–water partition coefficient (Wildman–Crippen LogP) is -1.74. The van der Waals surface area contributed by atoms with Gasteiger partial charge < -0.3 is 32.3 Å². The van der Waals surface area contributed by atoms with Crippen LogP contribution in [0, 0.1) is 0 Å². The summed E-state index contributed by atoms with van der Waals surface area (Å²) < 4.78 is 0. The second-order valence-electron chi connectivity index (χ2n) is 6.43. The fourth-order valence-corrected chi connectivity index (χ4v) is 2.41. The van der Waals surface area contributed by atoms with Crippen LogP contribution in [0.3, 0.4) is 0 Å². The first kappa shape index (κ1) is 23.1. The van der Waals surface area contributed by atoms with Crippen molar-refractivity contribution in [3.05, 3.63) is 35.9 Å². The molecule has 0 aliphatic carbocycles. The number of hydrogen-bond acceptors (Lipinski definition) is 6. The first-order valence-corrected chi connectivity index (χ1v) is 8.71. The number of carboxylic acids is 1. The molecule has 0 unspecified atom stereocenters. The van der Waals surface area contributed by atoms with E-state index in [4.69, 9.17) is 11.5 Å². The Bertz CT molecular complexity index is 695. The number of carboxylic acid groups (broad SMARTS) is 1. The Labute approximate surface area is 162 Å². The number of hydrogen-bond donors (Lipinski definition) is 6. The topological polar surface area (TPSA) is 185 Å². The minimum atomic E-state index is -1.41. The van der Waals surface area contributed by atoms with E-state index in [1.165, 1.54) is 6.92 Å². The van der Waals surface area contributed by atoms with Crippen molar-refractivity contribution < 1.29 is 29.4 Å². The van der Waals surface area contributed by atoms with Gasteiger partial charge in [-0.2, -0.15) is 0 Å². The molecule has 154 valence electrons. The number of aliphatic hydroxyl groups is 1. The van der Waals surface area contributed by atoms with Crippen LogP contribution in [0.25, 0.3) is 0 Å². The minimum Gasteiger partial charge on any atom is -0.480 e. The van der Waals surface area contributed by atoms with Gasteiger partial charge >= 0.3 is 5.97 Å². The summed E-state index contributed by atoms with van der Waals surface area (Å²) in [6.07, 6.45) is -1.42. The molecule has 0 heterocycles. The van der Waals surface area contributed by atoms with E-state index in [0.29, 0.717) is 5.56 Å². The van der Waals surface area contributed by atoms with Crippen molar-refractivity contribution >= 4 is 23.7 Å². The second-order valence-corrected chi connectivity index (χ2v) is 6.43. The van der Waals surface area contributed by atoms with Gasteiger partial charge in [-0.25, -0.2) is 4.79 Å². The molecule has 0 spiro atoms. The van der Waals surface area contributed by atoms with Crippen molar-refractivity contribution in [2.75, 3.05) is 0 Å². The lowest BCUT2D eigenvalue weighted by Crippen LogP contribution is -2.58. The molecule has 1 aromatic rings. The molecule has 0 fully saturated rings. The number of aliphatic carboxylic acids is 1. The maximum absolute atomic E-state index is 12.4. The zero-order valence-electron chi connectivity index (χ0n) is 15.5. The van der Waals surface area contributed by atoms with Crippen LogP contribution in [-0.2, 0) is 25.6 Å². The summed E-state index contributed by atoms with van der Waals surface area (Å²) in [5.74, 6) is -3.52. The van der Waals surface area contributed by atoms with Crippen molar-refractivity contribution in [3.63, 3.8) is 0 Å². The van der Waals surface area contributed by atoms with Crippen molar-refractivity contribution in [2.24, 2.45) is 11.5 Å². The van der Waals surface area contributed by atoms with E-state index < -0.39 is 47.9 Å². The maximum Gasteiger partial charge on any atom is 0.326 e. The lowest BCUT2D eigenvalue weighted by Gasteiger charge is -2.24. The zero-order valence-corrected chi connectivity index (χ0v) is 15.5. The van der Waals surface area contributed by atoms with E-state index in [2.05, 4.69) is 10.6 Å². The summed E-state index contributed by atoms with van der Waals surface area (Å²) in [4.78, 5) is 46.8. The van der Waals surface area contributed by atoms with Gasteiger partial charge in [-0.1, -0.05) is 30.3 Å². The van der Waals surface area contributed by atoms with E-state index in [-0.39, 0.29) is 19.3 Å². The van der Waals surface area contributed by atoms with Crippen LogP contribution in [0.1, 0.15) is 25.3 Å². The van der Waals surface area contributed by atoms with Gasteiger partial charge in [0.05, 0.1) is 12.1 Å². The molecule has 3 amide bonds. The van der Waals surface area contributed by atoms with Crippen LogP contribution in [0.2, 0.25) is 0 Å². The quantitative estimate of drug-likeness (QED) is 0.257.